The lowest BCUT2D eigenvalue weighted by Crippen LogP contribution is -2.27. The maximum absolute atomic E-state index is 13.4. The number of nitrogens with one attached hydrogen (secondary N) is 1. The molecule has 5 heteroatoms. The van der Waals surface area contributed by atoms with Crippen LogP contribution in [0.2, 0.25) is 0 Å². The largest absolute Gasteiger partial charge is 0.496 e. The van der Waals surface area contributed by atoms with Gasteiger partial charge in [0.25, 0.3) is 0 Å². The van der Waals surface area contributed by atoms with Crippen molar-refractivity contribution in [2.45, 2.75) is 18.5 Å². The zero-order valence-corrected chi connectivity index (χ0v) is 15.5. The number of para-hydroxylation sites is 3. The lowest BCUT2D eigenvalue weighted by Gasteiger charge is -2.34. The predicted octanol–water partition coefficient (Wildman–Crippen LogP) is 5.33. The third-order valence-electron chi connectivity index (χ3n) is 5.44. The first kappa shape index (κ1) is 16.8. The molecule has 0 saturated heterocycles. The van der Waals surface area contributed by atoms with Crippen LogP contribution in [0.15, 0.2) is 72.8 Å². The summed E-state index contributed by atoms with van der Waals surface area (Å²) in [4.78, 5) is 4.81. The standard InChI is InChI=1S/C23H20FN3O/c1-28-22-9-5-2-6-17(22)21-14-19(15-10-12-16(24)13-11-15)26-23-25-18-7-3-4-8-20(18)27(21)23/h2-13,19,21H,14H2,1H3,(H,25,26)/t19-,21-/m1/s1. The number of rotatable bonds is 3. The number of aromatic nitrogens is 2. The maximum Gasteiger partial charge on any atom is 0.204 e. The van der Waals surface area contributed by atoms with E-state index in [9.17, 15) is 4.39 Å². The highest BCUT2D eigenvalue weighted by atomic mass is 19.1. The molecule has 1 N–H and O–H groups in total. The van der Waals surface area contributed by atoms with E-state index in [1.807, 2.05) is 48.5 Å². The fourth-order valence-corrected chi connectivity index (χ4v) is 4.13. The molecule has 0 spiro atoms. The number of fused-ring (bicyclic) bond motifs is 3. The van der Waals surface area contributed by atoms with Crippen LogP contribution < -0.4 is 10.1 Å². The second kappa shape index (κ2) is 6.68. The van der Waals surface area contributed by atoms with E-state index in [1.54, 1.807) is 7.11 Å². The Bertz CT molecular complexity index is 1140. The fraction of sp³-hybridized carbons (Fsp3) is 0.174. The molecule has 0 unspecified atom stereocenters. The predicted molar refractivity (Wildman–Crippen MR) is 108 cm³/mol. The van der Waals surface area contributed by atoms with Crippen LogP contribution in [0, 0.1) is 5.82 Å². The number of nitrogens with zero attached hydrogens (tertiary/aromatic N) is 2. The average Bonchev–Trinajstić information content (AvgIpc) is 3.12. The van der Waals surface area contributed by atoms with Gasteiger partial charge in [0.2, 0.25) is 5.95 Å². The molecule has 0 aliphatic carbocycles. The Balaban J connectivity index is 1.68. The summed E-state index contributed by atoms with van der Waals surface area (Å²) in [5.41, 5.74) is 4.19. The van der Waals surface area contributed by atoms with Crippen molar-refractivity contribution in [3.05, 3.63) is 89.7 Å². The number of anilines is 1. The van der Waals surface area contributed by atoms with Crippen molar-refractivity contribution in [1.82, 2.24) is 9.55 Å². The molecule has 2 atom stereocenters. The molecular formula is C23H20FN3O. The summed E-state index contributed by atoms with van der Waals surface area (Å²) in [7, 11) is 1.70. The number of methoxy groups -OCH3 is 1. The SMILES string of the molecule is COc1ccccc1[C@H]1C[C@H](c2ccc(F)cc2)Nc2nc3ccccc3n21. The number of ether oxygens (including phenoxy) is 1. The van der Waals surface area contributed by atoms with Crippen LogP contribution in [0.5, 0.6) is 5.75 Å². The number of imidazole rings is 1. The number of hydrogen-bond acceptors (Lipinski definition) is 3. The van der Waals surface area contributed by atoms with E-state index in [4.69, 9.17) is 9.72 Å². The van der Waals surface area contributed by atoms with Crippen LogP contribution in [-0.2, 0) is 0 Å². The van der Waals surface area contributed by atoms with E-state index in [-0.39, 0.29) is 17.9 Å². The van der Waals surface area contributed by atoms with Crippen LogP contribution >= 0.6 is 0 Å². The van der Waals surface area contributed by atoms with Gasteiger partial charge in [0, 0.05) is 5.56 Å². The van der Waals surface area contributed by atoms with Gasteiger partial charge in [0.15, 0.2) is 0 Å². The molecule has 1 aliphatic heterocycles. The maximum atomic E-state index is 13.4. The van der Waals surface area contributed by atoms with E-state index < -0.39 is 0 Å². The van der Waals surface area contributed by atoms with Gasteiger partial charge < -0.3 is 14.6 Å². The van der Waals surface area contributed by atoms with E-state index >= 15 is 0 Å². The Morgan fingerprint density at radius 1 is 1.00 bits per heavy atom. The highest BCUT2D eigenvalue weighted by Gasteiger charge is 2.32. The average molecular weight is 373 g/mol. The quantitative estimate of drug-likeness (QED) is 0.527. The van der Waals surface area contributed by atoms with Crippen LogP contribution in [0.25, 0.3) is 11.0 Å². The molecule has 140 valence electrons. The van der Waals surface area contributed by atoms with E-state index in [0.717, 1.165) is 40.3 Å². The number of halogens is 1. The van der Waals surface area contributed by atoms with Gasteiger partial charge >= 0.3 is 0 Å². The van der Waals surface area contributed by atoms with Gasteiger partial charge in [0.1, 0.15) is 11.6 Å². The lowest BCUT2D eigenvalue weighted by atomic mass is 9.92. The van der Waals surface area contributed by atoms with Crippen molar-refractivity contribution in [3.63, 3.8) is 0 Å². The zero-order chi connectivity index (χ0) is 19.1. The van der Waals surface area contributed by atoms with Crippen molar-refractivity contribution in [1.29, 1.82) is 0 Å². The molecule has 3 aromatic carbocycles. The molecule has 2 heterocycles. The van der Waals surface area contributed by atoms with Gasteiger partial charge in [-0.2, -0.15) is 0 Å². The van der Waals surface area contributed by atoms with Gasteiger partial charge in [-0.3, -0.25) is 0 Å². The minimum absolute atomic E-state index is 0.0276. The highest BCUT2D eigenvalue weighted by molar-refractivity contribution is 5.79. The Hall–Kier alpha value is -3.34. The van der Waals surface area contributed by atoms with Crippen molar-refractivity contribution >= 4 is 17.0 Å². The monoisotopic (exact) mass is 373 g/mol. The smallest absolute Gasteiger partial charge is 0.204 e. The summed E-state index contributed by atoms with van der Waals surface area (Å²) in [6.45, 7) is 0. The molecule has 28 heavy (non-hydrogen) atoms. The molecule has 1 aliphatic rings. The van der Waals surface area contributed by atoms with Crippen LogP contribution in [0.3, 0.4) is 0 Å². The van der Waals surface area contributed by atoms with Crippen molar-refractivity contribution in [3.8, 4) is 5.75 Å². The van der Waals surface area contributed by atoms with Gasteiger partial charge in [-0.25, -0.2) is 9.37 Å². The Labute approximate surface area is 162 Å². The van der Waals surface area contributed by atoms with E-state index in [2.05, 4.69) is 22.0 Å². The minimum atomic E-state index is -0.229. The van der Waals surface area contributed by atoms with Gasteiger partial charge in [-0.15, -0.1) is 0 Å². The second-order valence-corrected chi connectivity index (χ2v) is 7.04. The Morgan fingerprint density at radius 3 is 2.57 bits per heavy atom. The first-order valence-corrected chi connectivity index (χ1v) is 9.36. The Morgan fingerprint density at radius 2 is 1.75 bits per heavy atom. The minimum Gasteiger partial charge on any atom is -0.496 e. The molecule has 1 aromatic heterocycles. The molecule has 5 rings (SSSR count). The molecule has 0 bridgehead atoms. The first-order valence-electron chi connectivity index (χ1n) is 9.36. The normalized spacial score (nSPS) is 18.5. The molecule has 0 radical (unpaired) electrons. The molecule has 0 saturated carbocycles. The van der Waals surface area contributed by atoms with Gasteiger partial charge in [-0.05, 0) is 42.3 Å². The summed E-state index contributed by atoms with van der Waals surface area (Å²) < 4.78 is 21.3. The van der Waals surface area contributed by atoms with Crippen molar-refractivity contribution in [2.24, 2.45) is 0 Å². The van der Waals surface area contributed by atoms with Crippen LogP contribution in [0.4, 0.5) is 10.3 Å². The molecule has 0 amide bonds. The fourth-order valence-electron chi connectivity index (χ4n) is 4.13. The van der Waals surface area contributed by atoms with Crippen molar-refractivity contribution in [2.75, 3.05) is 12.4 Å². The summed E-state index contributed by atoms with van der Waals surface area (Å²) in [6.07, 6.45) is 0.805. The summed E-state index contributed by atoms with van der Waals surface area (Å²) in [6, 6.07) is 23.0. The van der Waals surface area contributed by atoms with E-state index in [0.29, 0.717) is 0 Å². The third-order valence-corrected chi connectivity index (χ3v) is 5.44. The zero-order valence-electron chi connectivity index (χ0n) is 15.5. The van der Waals surface area contributed by atoms with E-state index in [1.165, 1.54) is 12.1 Å². The third kappa shape index (κ3) is 2.71. The van der Waals surface area contributed by atoms with Gasteiger partial charge in [0.05, 0.1) is 30.2 Å². The van der Waals surface area contributed by atoms with Crippen LogP contribution in [0.1, 0.15) is 29.6 Å². The molecular weight excluding hydrogens is 353 g/mol. The lowest BCUT2D eigenvalue weighted by molar-refractivity contribution is 0.392. The Kier molecular flexibility index (Phi) is 4.01. The highest BCUT2D eigenvalue weighted by Crippen LogP contribution is 2.43. The summed E-state index contributed by atoms with van der Waals surface area (Å²) in [5.74, 6) is 1.45. The second-order valence-electron chi connectivity index (χ2n) is 7.04. The van der Waals surface area contributed by atoms with Gasteiger partial charge in [-0.1, -0.05) is 42.5 Å². The number of hydrogen-bond donors (Lipinski definition) is 1. The topological polar surface area (TPSA) is 39.1 Å². The number of benzene rings is 3. The molecule has 4 nitrogen and oxygen atoms in total. The molecule has 0 fully saturated rings. The summed E-state index contributed by atoms with van der Waals surface area (Å²) >= 11 is 0. The van der Waals surface area contributed by atoms with Crippen LogP contribution in [-0.4, -0.2) is 16.7 Å². The first-order chi connectivity index (χ1) is 13.7. The van der Waals surface area contributed by atoms with Crippen molar-refractivity contribution < 1.29 is 9.13 Å². The molecule has 4 aromatic rings. The summed E-state index contributed by atoms with van der Waals surface area (Å²) in [5, 5.41) is 3.55.